The Kier molecular flexibility index (Phi) is 13.6. The van der Waals surface area contributed by atoms with Crippen LogP contribution in [0.25, 0.3) is 0 Å². The highest BCUT2D eigenvalue weighted by Crippen LogP contribution is 2.58. The predicted octanol–water partition coefficient (Wildman–Crippen LogP) is 10.4. The molecule has 0 aliphatic rings. The molecule has 0 fully saturated rings. The number of rotatable bonds is 18. The van der Waals surface area contributed by atoms with Gasteiger partial charge in [0.2, 0.25) is 0 Å². The summed E-state index contributed by atoms with van der Waals surface area (Å²) in [6, 6.07) is 0. The fraction of sp³-hybridized carbons (Fsp3) is 1.00. The summed E-state index contributed by atoms with van der Waals surface area (Å²) in [5.74, 6) is -14.2. The lowest BCUT2D eigenvalue weighted by molar-refractivity contribution is -0.412. The summed E-state index contributed by atoms with van der Waals surface area (Å²) >= 11 is 0. The number of hydrogen-bond acceptors (Lipinski definition) is 0. The number of unbranched alkanes of at least 4 members (excludes halogenated alkanes) is 14. The van der Waals surface area contributed by atoms with Crippen LogP contribution in [0.5, 0.6) is 0 Å². The van der Waals surface area contributed by atoms with E-state index in [1.54, 1.807) is 0 Å². The summed E-state index contributed by atoms with van der Waals surface area (Å²) in [5, 5.41) is 0. The van der Waals surface area contributed by atoms with Crippen molar-refractivity contribution < 1.29 is 48.3 Å². The van der Waals surface area contributed by atoms with E-state index in [1.165, 1.54) is 32.1 Å². The molecule has 1 unspecified atom stereocenters. The molecule has 0 rings (SSSR count). The van der Waals surface area contributed by atoms with Gasteiger partial charge in [0.25, 0.3) is 5.67 Å². The summed E-state index contributed by atoms with van der Waals surface area (Å²) in [5.41, 5.74) is -5.99. The summed E-state index contributed by atoms with van der Waals surface area (Å²) in [7, 11) is 0. The lowest BCUT2D eigenvalue weighted by Gasteiger charge is -2.39. The van der Waals surface area contributed by atoms with Crippen LogP contribution >= 0.6 is 0 Å². The lowest BCUT2D eigenvalue weighted by atomic mass is 9.86. The van der Waals surface area contributed by atoms with Crippen molar-refractivity contribution in [2.24, 2.45) is 0 Å². The van der Waals surface area contributed by atoms with E-state index in [0.717, 1.165) is 38.5 Å². The van der Waals surface area contributed by atoms with E-state index in [0.29, 0.717) is 6.42 Å². The Morgan fingerprint density at radius 1 is 0.364 bits per heavy atom. The fourth-order valence-corrected chi connectivity index (χ4v) is 3.64. The normalized spacial score (nSPS) is 15.6. The zero-order valence-electron chi connectivity index (χ0n) is 19.0. The van der Waals surface area contributed by atoms with E-state index in [-0.39, 0.29) is 12.8 Å². The van der Waals surface area contributed by atoms with Gasteiger partial charge in [-0.2, -0.15) is 43.9 Å². The Morgan fingerprint density at radius 2 is 0.667 bits per heavy atom. The fourth-order valence-electron chi connectivity index (χ4n) is 3.64. The van der Waals surface area contributed by atoms with Crippen molar-refractivity contribution in [1.82, 2.24) is 0 Å². The van der Waals surface area contributed by atoms with Crippen LogP contribution in [-0.2, 0) is 0 Å². The molecule has 1 atom stereocenters. The zero-order valence-corrected chi connectivity index (χ0v) is 19.0. The van der Waals surface area contributed by atoms with Gasteiger partial charge in [0.05, 0.1) is 0 Å². The molecule has 11 heteroatoms. The molecular formula is C22H35F11. The number of halogens is 11. The molecule has 0 heterocycles. The van der Waals surface area contributed by atoms with E-state index in [9.17, 15) is 48.3 Å². The van der Waals surface area contributed by atoms with E-state index in [2.05, 4.69) is 6.92 Å². The van der Waals surface area contributed by atoms with Crippen molar-refractivity contribution in [3.05, 3.63) is 0 Å². The number of hydrogen-bond donors (Lipinski definition) is 0. The highest BCUT2D eigenvalue weighted by molar-refractivity contribution is 5.08. The van der Waals surface area contributed by atoms with Crippen molar-refractivity contribution >= 4 is 0 Å². The van der Waals surface area contributed by atoms with Crippen molar-refractivity contribution in [3.8, 4) is 0 Å². The van der Waals surface area contributed by atoms with Gasteiger partial charge in [-0.3, -0.25) is 0 Å². The summed E-state index contributed by atoms with van der Waals surface area (Å²) < 4.78 is 142. The molecule has 0 saturated carbocycles. The standard InChI is InChI=1S/C22H35F11/c1-2-3-4-5-6-7-8-9-10-11-12-13-14-15-16-17-18(23,21(28,29)30)19(24,25)20(26,27)22(31,32)33/h2-17H2,1H3. The molecule has 0 aromatic carbocycles. The molecule has 0 N–H and O–H groups in total. The molecule has 0 amide bonds. The first-order valence-corrected chi connectivity index (χ1v) is 11.6. The highest BCUT2D eigenvalue weighted by atomic mass is 19.4. The van der Waals surface area contributed by atoms with Gasteiger partial charge in [0.15, 0.2) is 0 Å². The minimum atomic E-state index is -7.17. The lowest BCUT2D eigenvalue weighted by Crippen LogP contribution is -2.67. The molecule has 0 aliphatic carbocycles. The molecule has 0 radical (unpaired) electrons. The molecule has 0 spiro atoms. The molecule has 0 aliphatic heterocycles. The van der Waals surface area contributed by atoms with Crippen LogP contribution in [0.3, 0.4) is 0 Å². The molecule has 0 aromatic rings. The second-order valence-electron chi connectivity index (χ2n) is 8.65. The molecule has 0 nitrogen and oxygen atoms in total. The Balaban J connectivity index is 4.30. The molecule has 33 heavy (non-hydrogen) atoms. The van der Waals surface area contributed by atoms with Gasteiger partial charge in [0.1, 0.15) is 0 Å². The van der Waals surface area contributed by atoms with Crippen molar-refractivity contribution in [3.63, 3.8) is 0 Å². The second kappa shape index (κ2) is 14.0. The maximum atomic E-state index is 14.1. The third-order valence-corrected chi connectivity index (χ3v) is 5.82. The van der Waals surface area contributed by atoms with Crippen molar-refractivity contribution in [1.29, 1.82) is 0 Å². The zero-order chi connectivity index (χ0) is 25.8. The van der Waals surface area contributed by atoms with Gasteiger partial charge in [-0.25, -0.2) is 4.39 Å². The van der Waals surface area contributed by atoms with Crippen LogP contribution in [0.1, 0.15) is 110 Å². The van der Waals surface area contributed by atoms with Gasteiger partial charge in [0, 0.05) is 0 Å². The Labute approximate surface area is 188 Å². The molecule has 0 saturated heterocycles. The van der Waals surface area contributed by atoms with Crippen molar-refractivity contribution in [2.45, 2.75) is 140 Å². The Morgan fingerprint density at radius 3 is 0.939 bits per heavy atom. The first kappa shape index (κ1) is 32.2. The topological polar surface area (TPSA) is 0 Å². The largest absolute Gasteiger partial charge is 0.460 e. The minimum Gasteiger partial charge on any atom is -0.227 e. The maximum Gasteiger partial charge on any atom is 0.460 e. The van der Waals surface area contributed by atoms with Crippen LogP contribution in [0.15, 0.2) is 0 Å². The summed E-state index contributed by atoms with van der Waals surface area (Å²) in [6.07, 6.45) is -4.15. The summed E-state index contributed by atoms with van der Waals surface area (Å²) in [4.78, 5) is 0. The van der Waals surface area contributed by atoms with Gasteiger partial charge in [-0.15, -0.1) is 0 Å². The van der Waals surface area contributed by atoms with E-state index < -0.39 is 42.7 Å². The van der Waals surface area contributed by atoms with E-state index in [4.69, 9.17) is 0 Å². The Bertz CT molecular complexity index is 511. The predicted molar refractivity (Wildman–Crippen MR) is 105 cm³/mol. The maximum absolute atomic E-state index is 14.1. The molecule has 0 aromatic heterocycles. The highest BCUT2D eigenvalue weighted by Gasteiger charge is 2.85. The quantitative estimate of drug-likeness (QED) is 0.128. The number of alkyl halides is 11. The average Bonchev–Trinajstić information content (AvgIpc) is 2.68. The van der Waals surface area contributed by atoms with Gasteiger partial charge < -0.3 is 0 Å². The third-order valence-electron chi connectivity index (χ3n) is 5.82. The Hall–Kier alpha value is -0.770. The minimum absolute atomic E-state index is 0.187. The van der Waals surface area contributed by atoms with E-state index >= 15 is 0 Å². The van der Waals surface area contributed by atoms with Crippen LogP contribution in [0, 0.1) is 0 Å². The van der Waals surface area contributed by atoms with Gasteiger partial charge in [-0.05, 0) is 12.8 Å². The first-order chi connectivity index (χ1) is 15.1. The van der Waals surface area contributed by atoms with Crippen LogP contribution < -0.4 is 0 Å². The summed E-state index contributed by atoms with van der Waals surface area (Å²) in [6.45, 7) is 2.15. The smallest absolute Gasteiger partial charge is 0.227 e. The van der Waals surface area contributed by atoms with Gasteiger partial charge >= 0.3 is 24.2 Å². The van der Waals surface area contributed by atoms with Gasteiger partial charge in [-0.1, -0.05) is 96.8 Å². The van der Waals surface area contributed by atoms with Crippen LogP contribution in [-0.4, -0.2) is 29.9 Å². The average molecular weight is 508 g/mol. The second-order valence-corrected chi connectivity index (χ2v) is 8.65. The van der Waals surface area contributed by atoms with Crippen LogP contribution in [0.4, 0.5) is 48.3 Å². The first-order valence-electron chi connectivity index (χ1n) is 11.6. The molecule has 200 valence electrons. The van der Waals surface area contributed by atoms with E-state index in [1.807, 2.05) is 0 Å². The molecule has 0 bridgehead atoms. The monoisotopic (exact) mass is 508 g/mol. The van der Waals surface area contributed by atoms with Crippen molar-refractivity contribution in [2.75, 3.05) is 0 Å². The molecular weight excluding hydrogens is 473 g/mol. The third kappa shape index (κ3) is 9.42. The SMILES string of the molecule is CCCCCCCCCCCCCCCCCC(F)(C(F)(F)F)C(F)(F)C(F)(F)C(F)(F)F. The van der Waals surface area contributed by atoms with Crippen LogP contribution in [0.2, 0.25) is 0 Å².